The molecular weight excluding hydrogens is 338 g/mol. The molecule has 132 valence electrons. The van der Waals surface area contributed by atoms with Gasteiger partial charge in [-0.3, -0.25) is 4.79 Å². The Morgan fingerprint density at radius 1 is 1.12 bits per heavy atom. The van der Waals surface area contributed by atoms with Crippen molar-refractivity contribution in [1.82, 2.24) is 4.90 Å². The lowest BCUT2D eigenvalue weighted by molar-refractivity contribution is -0.133. The molecule has 2 aliphatic heterocycles. The summed E-state index contributed by atoms with van der Waals surface area (Å²) in [7, 11) is -4.67. The van der Waals surface area contributed by atoms with Crippen molar-refractivity contribution in [3.05, 3.63) is 24.3 Å². The van der Waals surface area contributed by atoms with Gasteiger partial charge in [-0.15, -0.1) is 0 Å². The van der Waals surface area contributed by atoms with E-state index in [1.165, 1.54) is 18.2 Å². The smallest absolute Gasteiger partial charge is 0.341 e. The van der Waals surface area contributed by atoms with E-state index >= 15 is 0 Å². The summed E-state index contributed by atoms with van der Waals surface area (Å²) in [6, 6.07) is 5.78. The lowest BCUT2D eigenvalue weighted by Gasteiger charge is -2.23. The van der Waals surface area contributed by atoms with Gasteiger partial charge in [0.15, 0.2) is 0 Å². The average molecular weight is 358 g/mol. The summed E-state index contributed by atoms with van der Waals surface area (Å²) in [6.45, 7) is 2.39. The van der Waals surface area contributed by atoms with Gasteiger partial charge < -0.3 is 9.80 Å². The van der Waals surface area contributed by atoms with E-state index in [0.29, 0.717) is 19.5 Å². The van der Waals surface area contributed by atoms with Crippen LogP contribution in [0.5, 0.6) is 0 Å². The van der Waals surface area contributed by atoms with Crippen molar-refractivity contribution >= 4 is 21.4 Å². The normalized spacial score (nSPS) is 21.7. The zero-order valence-corrected chi connectivity index (χ0v) is 14.0. The van der Waals surface area contributed by atoms with Crippen LogP contribution in [0.3, 0.4) is 0 Å². The van der Waals surface area contributed by atoms with E-state index in [1.807, 2.05) is 4.90 Å². The molecule has 0 aromatic heterocycles. The second-order valence-corrected chi connectivity index (χ2v) is 8.12. The quantitative estimate of drug-likeness (QED) is 0.827. The Hall–Kier alpha value is -1.70. The van der Waals surface area contributed by atoms with E-state index in [9.17, 15) is 22.0 Å². The van der Waals surface area contributed by atoms with Crippen LogP contribution in [0.25, 0.3) is 0 Å². The summed E-state index contributed by atoms with van der Waals surface area (Å²) in [6.07, 6.45) is 2.63. The van der Waals surface area contributed by atoms with Crippen LogP contribution in [0, 0.1) is 5.92 Å². The Morgan fingerprint density at radius 3 is 2.46 bits per heavy atom. The third-order valence-electron chi connectivity index (χ3n) is 4.70. The van der Waals surface area contributed by atoms with Crippen LogP contribution in [0.2, 0.25) is 0 Å². The van der Waals surface area contributed by atoms with Crippen LogP contribution >= 0.6 is 0 Å². The summed E-state index contributed by atoms with van der Waals surface area (Å²) in [5.74, 6) is -3.57. The summed E-state index contributed by atoms with van der Waals surface area (Å²) in [5, 5.41) is 0. The predicted molar refractivity (Wildman–Crippen MR) is 85.8 cm³/mol. The van der Waals surface area contributed by atoms with Gasteiger partial charge in [0, 0.05) is 26.2 Å². The first-order valence-corrected chi connectivity index (χ1v) is 9.60. The second-order valence-electron chi connectivity index (χ2n) is 6.24. The minimum atomic E-state index is -4.67. The molecule has 2 saturated heterocycles. The van der Waals surface area contributed by atoms with Gasteiger partial charge >= 0.3 is 5.76 Å². The molecule has 0 spiro atoms. The largest absolute Gasteiger partial charge is 0.370 e. The number of alkyl halides is 2. The molecule has 2 heterocycles. The van der Waals surface area contributed by atoms with Crippen LogP contribution in [-0.2, 0) is 14.6 Å². The number of hydrogen-bond donors (Lipinski definition) is 0. The molecule has 1 aromatic rings. The highest BCUT2D eigenvalue weighted by atomic mass is 32.2. The molecule has 2 aliphatic rings. The number of likely N-dealkylation sites (tertiary alicyclic amines) is 1. The van der Waals surface area contributed by atoms with Crippen molar-refractivity contribution in [1.29, 1.82) is 0 Å². The number of nitrogens with zero attached hydrogens (tertiary/aromatic N) is 2. The lowest BCUT2D eigenvalue weighted by Crippen LogP contribution is -2.35. The lowest BCUT2D eigenvalue weighted by atomic mass is 10.1. The molecule has 0 saturated carbocycles. The van der Waals surface area contributed by atoms with Crippen LogP contribution in [0.15, 0.2) is 29.2 Å². The Kier molecular flexibility index (Phi) is 4.76. The van der Waals surface area contributed by atoms with Gasteiger partial charge in [0.2, 0.25) is 15.7 Å². The van der Waals surface area contributed by atoms with Gasteiger partial charge in [-0.05, 0) is 31.4 Å². The van der Waals surface area contributed by atoms with Crippen molar-refractivity contribution in [3.8, 4) is 0 Å². The summed E-state index contributed by atoms with van der Waals surface area (Å²) in [5.41, 5.74) is 0.259. The van der Waals surface area contributed by atoms with Crippen molar-refractivity contribution in [2.75, 3.05) is 31.1 Å². The number of para-hydroxylation sites is 1. The molecule has 1 unspecified atom stereocenters. The Morgan fingerprint density at radius 2 is 1.79 bits per heavy atom. The SMILES string of the molecule is O=C(C1CCN(c2ccccc2S(=O)(=O)C(F)F)C1)N1CCCC1. The molecule has 1 atom stereocenters. The third-order valence-corrected chi connectivity index (χ3v) is 6.13. The Bertz CT molecular complexity index is 718. The fourth-order valence-corrected chi connectivity index (χ4v) is 4.38. The highest BCUT2D eigenvalue weighted by Crippen LogP contribution is 2.33. The molecule has 1 aromatic carbocycles. The summed E-state index contributed by atoms with van der Waals surface area (Å²) in [4.78, 5) is 15.7. The van der Waals surface area contributed by atoms with Gasteiger partial charge in [0.25, 0.3) is 0 Å². The van der Waals surface area contributed by atoms with Gasteiger partial charge in [-0.25, -0.2) is 8.42 Å². The van der Waals surface area contributed by atoms with Crippen molar-refractivity contribution in [2.45, 2.75) is 29.9 Å². The predicted octanol–water partition coefficient (Wildman–Crippen LogP) is 2.13. The average Bonchev–Trinajstić information content (AvgIpc) is 3.26. The van der Waals surface area contributed by atoms with E-state index in [2.05, 4.69) is 0 Å². The topological polar surface area (TPSA) is 57.7 Å². The summed E-state index contributed by atoms with van der Waals surface area (Å²) < 4.78 is 49.6. The highest BCUT2D eigenvalue weighted by Gasteiger charge is 2.36. The van der Waals surface area contributed by atoms with Gasteiger partial charge in [-0.2, -0.15) is 8.78 Å². The molecule has 2 fully saturated rings. The van der Waals surface area contributed by atoms with E-state index in [-0.39, 0.29) is 22.4 Å². The Labute approximate surface area is 140 Å². The zero-order valence-electron chi connectivity index (χ0n) is 13.2. The second kappa shape index (κ2) is 6.66. The number of carbonyl (C=O) groups excluding carboxylic acids is 1. The number of sulfone groups is 1. The Balaban J connectivity index is 1.80. The molecule has 3 rings (SSSR count). The molecule has 0 bridgehead atoms. The first kappa shape index (κ1) is 17.1. The van der Waals surface area contributed by atoms with Gasteiger partial charge in [0.1, 0.15) is 0 Å². The standard InChI is InChI=1S/C16H20F2N2O3S/c17-16(18)24(22,23)14-6-2-1-5-13(14)20-10-7-12(11-20)15(21)19-8-3-4-9-19/h1-2,5-6,12,16H,3-4,7-11H2. The molecule has 24 heavy (non-hydrogen) atoms. The molecule has 5 nitrogen and oxygen atoms in total. The fraction of sp³-hybridized carbons (Fsp3) is 0.562. The monoisotopic (exact) mass is 358 g/mol. The number of benzene rings is 1. The number of halogens is 2. The van der Waals surface area contributed by atoms with Crippen LogP contribution < -0.4 is 4.90 Å². The van der Waals surface area contributed by atoms with Crippen LogP contribution in [0.1, 0.15) is 19.3 Å². The van der Waals surface area contributed by atoms with Crippen LogP contribution in [-0.4, -0.2) is 51.2 Å². The number of carbonyl (C=O) groups is 1. The van der Waals surface area contributed by atoms with Crippen LogP contribution in [0.4, 0.5) is 14.5 Å². The van der Waals surface area contributed by atoms with E-state index in [4.69, 9.17) is 0 Å². The number of hydrogen-bond acceptors (Lipinski definition) is 4. The van der Waals surface area contributed by atoms with Gasteiger partial charge in [-0.1, -0.05) is 12.1 Å². The number of anilines is 1. The van der Waals surface area contributed by atoms with E-state index in [0.717, 1.165) is 25.9 Å². The maximum atomic E-state index is 12.9. The minimum Gasteiger partial charge on any atom is -0.370 e. The number of rotatable bonds is 4. The zero-order chi connectivity index (χ0) is 17.3. The third kappa shape index (κ3) is 3.11. The first-order chi connectivity index (χ1) is 11.4. The van der Waals surface area contributed by atoms with E-state index < -0.39 is 15.6 Å². The summed E-state index contributed by atoms with van der Waals surface area (Å²) >= 11 is 0. The maximum Gasteiger partial charge on any atom is 0.341 e. The maximum absolute atomic E-state index is 12.9. The molecule has 8 heteroatoms. The molecule has 0 N–H and O–H groups in total. The number of amides is 1. The molecule has 1 amide bonds. The molecular formula is C16H20F2N2O3S. The van der Waals surface area contributed by atoms with Crippen molar-refractivity contribution in [3.63, 3.8) is 0 Å². The van der Waals surface area contributed by atoms with E-state index in [1.54, 1.807) is 11.0 Å². The van der Waals surface area contributed by atoms with Crippen molar-refractivity contribution < 1.29 is 22.0 Å². The molecule has 0 radical (unpaired) electrons. The van der Waals surface area contributed by atoms with Gasteiger partial charge in [0.05, 0.1) is 16.5 Å². The highest BCUT2D eigenvalue weighted by molar-refractivity contribution is 7.91. The first-order valence-electron chi connectivity index (χ1n) is 8.06. The molecule has 0 aliphatic carbocycles. The van der Waals surface area contributed by atoms with Crippen molar-refractivity contribution in [2.24, 2.45) is 5.92 Å². The minimum absolute atomic E-state index is 0.0872. The fourth-order valence-electron chi connectivity index (χ4n) is 3.43.